The molecule has 1 aromatic heterocycles. The number of nitrogens with zero attached hydrogens (tertiary/aromatic N) is 2. The molecule has 1 atom stereocenters. The number of rotatable bonds is 5. The van der Waals surface area contributed by atoms with Crippen molar-refractivity contribution in [3.05, 3.63) is 16.1 Å². The van der Waals surface area contributed by atoms with Gasteiger partial charge in [-0.15, -0.1) is 11.3 Å². The molecule has 6 nitrogen and oxygen atoms in total. The summed E-state index contributed by atoms with van der Waals surface area (Å²) < 4.78 is 0. The Morgan fingerprint density at radius 2 is 2.35 bits per heavy atom. The van der Waals surface area contributed by atoms with Crippen LogP contribution in [0.25, 0.3) is 0 Å². The molecule has 1 unspecified atom stereocenters. The highest BCUT2D eigenvalue weighted by atomic mass is 32.1. The van der Waals surface area contributed by atoms with E-state index in [0.29, 0.717) is 18.5 Å². The molecular weight excluding hydrogens is 278 g/mol. The molecule has 7 heteroatoms. The molecule has 0 spiro atoms. The molecule has 1 saturated heterocycles. The smallest absolute Gasteiger partial charge is 0.355 e. The zero-order valence-electron chi connectivity index (χ0n) is 11.6. The summed E-state index contributed by atoms with van der Waals surface area (Å²) in [5.41, 5.74) is -0.0769. The third-order valence-corrected chi connectivity index (χ3v) is 4.36. The normalized spacial score (nSPS) is 19.4. The van der Waals surface area contributed by atoms with Crippen LogP contribution in [0.4, 0.5) is 0 Å². The van der Waals surface area contributed by atoms with Crippen LogP contribution in [0.5, 0.6) is 0 Å². The van der Waals surface area contributed by atoms with E-state index < -0.39 is 5.97 Å². The fourth-order valence-electron chi connectivity index (χ4n) is 2.29. The lowest BCUT2D eigenvalue weighted by molar-refractivity contribution is 0.0691. The Morgan fingerprint density at radius 1 is 1.60 bits per heavy atom. The molecule has 1 aliphatic rings. The van der Waals surface area contributed by atoms with Crippen molar-refractivity contribution in [3.63, 3.8) is 0 Å². The summed E-state index contributed by atoms with van der Waals surface area (Å²) in [6, 6.07) is 0.535. The van der Waals surface area contributed by atoms with E-state index in [0.717, 1.165) is 30.8 Å². The van der Waals surface area contributed by atoms with E-state index in [1.54, 1.807) is 0 Å². The molecule has 0 saturated carbocycles. The number of aromatic nitrogens is 1. The number of carboxylic acid groups (broad SMARTS) is 1. The maximum Gasteiger partial charge on any atom is 0.355 e. The zero-order valence-corrected chi connectivity index (χ0v) is 12.4. The molecule has 2 heterocycles. The lowest BCUT2D eigenvalue weighted by Gasteiger charge is -2.20. The summed E-state index contributed by atoms with van der Waals surface area (Å²) in [5, 5.41) is 13.2. The molecule has 2 rings (SSSR count). The summed E-state index contributed by atoms with van der Waals surface area (Å²) in [5.74, 6) is -0.936. The van der Waals surface area contributed by atoms with Crippen molar-refractivity contribution in [3.8, 4) is 0 Å². The highest BCUT2D eigenvalue weighted by molar-refractivity contribution is 7.11. The SMILES string of the molecule is CC(C)N1CCC(CNC(=O)c2nc(C(=O)O)cs2)C1. The lowest BCUT2D eigenvalue weighted by atomic mass is 10.1. The van der Waals surface area contributed by atoms with Gasteiger partial charge in [-0.1, -0.05) is 0 Å². The quantitative estimate of drug-likeness (QED) is 0.856. The molecule has 1 fully saturated rings. The predicted molar refractivity (Wildman–Crippen MR) is 76.2 cm³/mol. The van der Waals surface area contributed by atoms with Gasteiger partial charge in [0.05, 0.1) is 0 Å². The van der Waals surface area contributed by atoms with Crippen LogP contribution in [-0.2, 0) is 0 Å². The van der Waals surface area contributed by atoms with Crippen LogP contribution in [0.3, 0.4) is 0 Å². The second kappa shape index (κ2) is 6.32. The van der Waals surface area contributed by atoms with Gasteiger partial charge in [0.1, 0.15) is 0 Å². The van der Waals surface area contributed by atoms with Crippen molar-refractivity contribution in [2.75, 3.05) is 19.6 Å². The minimum absolute atomic E-state index is 0.0769. The number of carbonyl (C=O) groups is 2. The van der Waals surface area contributed by atoms with E-state index in [-0.39, 0.29) is 16.6 Å². The van der Waals surface area contributed by atoms with Crippen LogP contribution in [0, 0.1) is 5.92 Å². The Kier molecular flexibility index (Phi) is 4.72. The van der Waals surface area contributed by atoms with E-state index >= 15 is 0 Å². The number of amides is 1. The highest BCUT2D eigenvalue weighted by Gasteiger charge is 2.25. The Morgan fingerprint density at radius 3 is 2.90 bits per heavy atom. The first-order valence-corrected chi connectivity index (χ1v) is 7.56. The van der Waals surface area contributed by atoms with Crippen LogP contribution in [0.2, 0.25) is 0 Å². The number of nitrogens with one attached hydrogen (secondary N) is 1. The van der Waals surface area contributed by atoms with Gasteiger partial charge in [-0.3, -0.25) is 4.79 Å². The van der Waals surface area contributed by atoms with Crippen molar-refractivity contribution in [1.29, 1.82) is 0 Å². The third kappa shape index (κ3) is 3.55. The van der Waals surface area contributed by atoms with Crippen LogP contribution in [0.1, 0.15) is 40.6 Å². The number of thiazole rings is 1. The second-order valence-electron chi connectivity index (χ2n) is 5.30. The van der Waals surface area contributed by atoms with Crippen molar-refractivity contribution < 1.29 is 14.7 Å². The largest absolute Gasteiger partial charge is 0.476 e. The van der Waals surface area contributed by atoms with Crippen molar-refractivity contribution in [2.45, 2.75) is 26.3 Å². The van der Waals surface area contributed by atoms with Crippen LogP contribution in [0.15, 0.2) is 5.38 Å². The van der Waals surface area contributed by atoms with Gasteiger partial charge in [0, 0.05) is 24.5 Å². The van der Waals surface area contributed by atoms with Crippen molar-refractivity contribution in [1.82, 2.24) is 15.2 Å². The van der Waals surface area contributed by atoms with E-state index in [1.807, 2.05) is 0 Å². The van der Waals surface area contributed by atoms with Gasteiger partial charge in [0.2, 0.25) is 0 Å². The third-order valence-electron chi connectivity index (χ3n) is 3.52. The summed E-state index contributed by atoms with van der Waals surface area (Å²) in [7, 11) is 0. The van der Waals surface area contributed by atoms with Gasteiger partial charge in [-0.2, -0.15) is 0 Å². The Labute approximate surface area is 121 Å². The van der Waals surface area contributed by atoms with Gasteiger partial charge >= 0.3 is 5.97 Å². The number of hydrogen-bond donors (Lipinski definition) is 2. The average molecular weight is 297 g/mol. The molecule has 0 aromatic carbocycles. The van der Waals surface area contributed by atoms with Crippen LogP contribution < -0.4 is 5.32 Å². The first-order chi connectivity index (χ1) is 9.47. The molecule has 0 bridgehead atoms. The van der Waals surface area contributed by atoms with Crippen LogP contribution in [-0.4, -0.2) is 52.5 Å². The maximum absolute atomic E-state index is 11.9. The molecule has 0 aliphatic carbocycles. The number of hydrogen-bond acceptors (Lipinski definition) is 5. The number of likely N-dealkylation sites (tertiary alicyclic amines) is 1. The Bertz CT molecular complexity index is 501. The molecule has 0 radical (unpaired) electrons. The standard InChI is InChI=1S/C13H19N3O3S/c1-8(2)16-4-3-9(6-16)5-14-11(17)12-15-10(7-20-12)13(18)19/h7-9H,3-6H2,1-2H3,(H,14,17)(H,18,19). The topological polar surface area (TPSA) is 82.5 Å². The minimum Gasteiger partial charge on any atom is -0.476 e. The summed E-state index contributed by atoms with van der Waals surface area (Å²) in [4.78, 5) is 28.8. The Hall–Kier alpha value is -1.47. The fourth-order valence-corrected chi connectivity index (χ4v) is 2.99. The molecule has 1 amide bonds. The molecule has 1 aromatic rings. The number of carboxylic acids is 1. The van der Waals surface area contributed by atoms with Gasteiger partial charge in [-0.25, -0.2) is 9.78 Å². The molecule has 110 valence electrons. The van der Waals surface area contributed by atoms with Gasteiger partial charge in [-0.05, 0) is 32.7 Å². The molecule has 2 N–H and O–H groups in total. The molecule has 1 aliphatic heterocycles. The molecular formula is C13H19N3O3S. The second-order valence-corrected chi connectivity index (χ2v) is 6.15. The van der Waals surface area contributed by atoms with E-state index in [4.69, 9.17) is 5.11 Å². The summed E-state index contributed by atoms with van der Waals surface area (Å²) >= 11 is 1.06. The lowest BCUT2D eigenvalue weighted by Crippen LogP contribution is -2.33. The monoisotopic (exact) mass is 297 g/mol. The summed E-state index contributed by atoms with van der Waals surface area (Å²) in [6.07, 6.45) is 1.08. The van der Waals surface area contributed by atoms with E-state index in [1.165, 1.54) is 5.38 Å². The van der Waals surface area contributed by atoms with E-state index in [2.05, 4.69) is 29.0 Å². The predicted octanol–water partition coefficient (Wildman–Crippen LogP) is 1.30. The van der Waals surface area contributed by atoms with Gasteiger partial charge in [0.15, 0.2) is 10.7 Å². The maximum atomic E-state index is 11.9. The number of carbonyl (C=O) groups excluding carboxylic acids is 1. The van der Waals surface area contributed by atoms with Gasteiger partial charge < -0.3 is 15.3 Å². The van der Waals surface area contributed by atoms with Gasteiger partial charge in [0.25, 0.3) is 5.91 Å². The molecule has 20 heavy (non-hydrogen) atoms. The Balaban J connectivity index is 1.82. The first-order valence-electron chi connectivity index (χ1n) is 6.68. The highest BCUT2D eigenvalue weighted by Crippen LogP contribution is 2.18. The fraction of sp³-hybridized carbons (Fsp3) is 0.615. The van der Waals surface area contributed by atoms with Crippen molar-refractivity contribution >= 4 is 23.2 Å². The average Bonchev–Trinajstić information content (AvgIpc) is 3.05. The van der Waals surface area contributed by atoms with Crippen LogP contribution >= 0.6 is 11.3 Å². The van der Waals surface area contributed by atoms with Crippen molar-refractivity contribution in [2.24, 2.45) is 5.92 Å². The van der Waals surface area contributed by atoms with E-state index in [9.17, 15) is 9.59 Å². The summed E-state index contributed by atoms with van der Waals surface area (Å²) in [6.45, 7) is 7.02. The first kappa shape index (κ1) is 14.9. The number of aromatic carboxylic acids is 1. The zero-order chi connectivity index (χ0) is 14.7. The minimum atomic E-state index is -1.11.